The van der Waals surface area contributed by atoms with Crippen LogP contribution in [0.5, 0.6) is 0 Å². The summed E-state index contributed by atoms with van der Waals surface area (Å²) in [5, 5.41) is 0.498. The van der Waals surface area contributed by atoms with Gasteiger partial charge in [-0.25, -0.2) is 13.8 Å². The number of hydrogen-bond donors (Lipinski definition) is 1. The first-order valence-corrected chi connectivity index (χ1v) is 4.30. The summed E-state index contributed by atoms with van der Waals surface area (Å²) < 4.78 is 26.2. The molecule has 14 heavy (non-hydrogen) atoms. The molecule has 0 bridgehead atoms. The Bertz CT molecular complexity index is 468. The van der Waals surface area contributed by atoms with Gasteiger partial charge in [0.1, 0.15) is 5.65 Å². The highest BCUT2D eigenvalue weighted by Gasteiger charge is 2.27. The Hall–Kier alpha value is -1.45. The Balaban J connectivity index is 2.73. The fourth-order valence-electron chi connectivity index (χ4n) is 1.47. The van der Waals surface area contributed by atoms with Gasteiger partial charge in [-0.15, -0.1) is 0 Å². The Kier molecular flexibility index (Phi) is 1.80. The third-order valence-corrected chi connectivity index (χ3v) is 2.14. The zero-order valence-corrected chi connectivity index (χ0v) is 7.94. The minimum atomic E-state index is -2.83. The third kappa shape index (κ3) is 1.36. The van der Waals surface area contributed by atoms with Crippen molar-refractivity contribution in [2.75, 3.05) is 0 Å². The zero-order chi connectivity index (χ0) is 10.3. The number of aromatic amines is 1. The van der Waals surface area contributed by atoms with Crippen molar-refractivity contribution in [1.82, 2.24) is 9.97 Å². The van der Waals surface area contributed by atoms with Gasteiger partial charge in [-0.05, 0) is 18.6 Å². The lowest BCUT2D eigenvalue weighted by Gasteiger charge is -2.07. The molecule has 2 nitrogen and oxygen atoms in total. The van der Waals surface area contributed by atoms with E-state index in [2.05, 4.69) is 9.97 Å². The lowest BCUT2D eigenvalue weighted by Crippen LogP contribution is -2.05. The number of hydrogen-bond acceptors (Lipinski definition) is 1. The summed E-state index contributed by atoms with van der Waals surface area (Å²) in [5.41, 5.74) is 1.39. The minimum Gasteiger partial charge on any atom is -0.346 e. The normalized spacial score (nSPS) is 12.3. The molecule has 0 fully saturated rings. The highest BCUT2D eigenvalue weighted by atomic mass is 19.3. The molecule has 0 unspecified atom stereocenters. The van der Waals surface area contributed by atoms with Crippen LogP contribution in [-0.2, 0) is 5.92 Å². The highest BCUT2D eigenvalue weighted by molar-refractivity contribution is 5.80. The first-order valence-electron chi connectivity index (χ1n) is 4.30. The molecule has 4 heteroatoms. The van der Waals surface area contributed by atoms with E-state index in [9.17, 15) is 8.78 Å². The second-order valence-corrected chi connectivity index (χ2v) is 3.50. The number of fused-ring (bicyclic) bond motifs is 1. The quantitative estimate of drug-likeness (QED) is 0.746. The Morgan fingerprint density at radius 1 is 1.43 bits per heavy atom. The van der Waals surface area contributed by atoms with Crippen molar-refractivity contribution in [3.05, 3.63) is 29.6 Å². The summed E-state index contributed by atoms with van der Waals surface area (Å²) in [6.07, 6.45) is 2.97. The van der Waals surface area contributed by atoms with Crippen molar-refractivity contribution in [3.63, 3.8) is 0 Å². The van der Waals surface area contributed by atoms with Crippen molar-refractivity contribution in [1.29, 1.82) is 0 Å². The number of pyridine rings is 1. The molecule has 0 amide bonds. The number of aromatic nitrogens is 2. The van der Waals surface area contributed by atoms with Crippen LogP contribution in [0.4, 0.5) is 8.78 Å². The monoisotopic (exact) mass is 196 g/mol. The molecule has 0 spiro atoms. The molecular formula is C10H10F2N2. The van der Waals surface area contributed by atoms with Crippen molar-refractivity contribution in [2.45, 2.75) is 19.8 Å². The van der Waals surface area contributed by atoms with Crippen LogP contribution in [0.3, 0.4) is 0 Å². The highest BCUT2D eigenvalue weighted by Crippen LogP contribution is 2.32. The summed E-state index contributed by atoms with van der Waals surface area (Å²) in [5.74, 6) is -2.83. The minimum absolute atomic E-state index is 0.00343. The van der Waals surface area contributed by atoms with Gasteiger partial charge in [0.25, 0.3) is 5.92 Å². The Morgan fingerprint density at radius 2 is 2.14 bits per heavy atom. The van der Waals surface area contributed by atoms with Gasteiger partial charge < -0.3 is 4.98 Å². The van der Waals surface area contributed by atoms with Crippen molar-refractivity contribution in [2.24, 2.45) is 0 Å². The van der Waals surface area contributed by atoms with Crippen LogP contribution in [0.2, 0.25) is 0 Å². The van der Waals surface area contributed by atoms with Crippen LogP contribution in [0.1, 0.15) is 18.1 Å². The lowest BCUT2D eigenvalue weighted by atomic mass is 10.1. The fraction of sp³-hybridized carbons (Fsp3) is 0.300. The first-order chi connectivity index (χ1) is 6.48. The van der Waals surface area contributed by atoms with Crippen molar-refractivity contribution >= 4 is 11.0 Å². The molecule has 2 rings (SSSR count). The van der Waals surface area contributed by atoms with Gasteiger partial charge in [-0.2, -0.15) is 0 Å². The van der Waals surface area contributed by atoms with E-state index in [0.717, 1.165) is 12.5 Å². The van der Waals surface area contributed by atoms with E-state index in [4.69, 9.17) is 0 Å². The number of halogens is 2. The maximum Gasteiger partial charge on any atom is 0.272 e. The summed E-state index contributed by atoms with van der Waals surface area (Å²) in [6.45, 7) is 2.72. The number of rotatable bonds is 1. The molecule has 2 aromatic rings. The molecule has 0 aliphatic rings. The predicted molar refractivity (Wildman–Crippen MR) is 50.4 cm³/mol. The van der Waals surface area contributed by atoms with E-state index in [-0.39, 0.29) is 5.56 Å². The number of aryl methyl sites for hydroxylation is 1. The number of alkyl halides is 2. The van der Waals surface area contributed by atoms with Gasteiger partial charge in [0.05, 0.1) is 0 Å². The molecule has 1 N–H and O–H groups in total. The third-order valence-electron chi connectivity index (χ3n) is 2.14. The lowest BCUT2D eigenvalue weighted by molar-refractivity contribution is 0.0191. The van der Waals surface area contributed by atoms with E-state index in [1.807, 2.05) is 6.92 Å². The maximum atomic E-state index is 13.1. The van der Waals surface area contributed by atoms with Gasteiger partial charge in [0.15, 0.2) is 0 Å². The number of nitrogens with zero attached hydrogens (tertiary/aromatic N) is 1. The van der Waals surface area contributed by atoms with E-state index in [1.54, 1.807) is 12.3 Å². The number of H-pyrrole nitrogens is 1. The second kappa shape index (κ2) is 2.77. The predicted octanol–water partition coefficient (Wildman–Crippen LogP) is 2.98. The average molecular weight is 196 g/mol. The van der Waals surface area contributed by atoms with Crippen molar-refractivity contribution < 1.29 is 8.78 Å². The summed E-state index contributed by atoms with van der Waals surface area (Å²) >= 11 is 0. The molecule has 0 aliphatic carbocycles. The number of nitrogens with one attached hydrogen (secondary N) is 1. The van der Waals surface area contributed by atoms with Crippen LogP contribution < -0.4 is 0 Å². The second-order valence-electron chi connectivity index (χ2n) is 3.50. The molecule has 0 radical (unpaired) electrons. The van der Waals surface area contributed by atoms with Gasteiger partial charge >= 0.3 is 0 Å². The summed E-state index contributed by atoms with van der Waals surface area (Å²) in [4.78, 5) is 6.76. The SMILES string of the molecule is Cc1cnc2[nH]cc(C(C)(F)F)c2c1. The van der Waals surface area contributed by atoms with E-state index < -0.39 is 5.92 Å². The van der Waals surface area contributed by atoms with E-state index >= 15 is 0 Å². The molecule has 0 atom stereocenters. The summed E-state index contributed by atoms with van der Waals surface area (Å²) in [6, 6.07) is 1.71. The molecule has 0 aliphatic heterocycles. The van der Waals surface area contributed by atoms with E-state index in [1.165, 1.54) is 6.20 Å². The van der Waals surface area contributed by atoms with Gasteiger partial charge in [0, 0.05) is 30.3 Å². The Morgan fingerprint density at radius 3 is 2.79 bits per heavy atom. The molecule has 2 aromatic heterocycles. The zero-order valence-electron chi connectivity index (χ0n) is 7.94. The smallest absolute Gasteiger partial charge is 0.272 e. The average Bonchev–Trinajstić information content (AvgIpc) is 2.45. The van der Waals surface area contributed by atoms with Crippen LogP contribution in [0, 0.1) is 6.92 Å². The summed E-state index contributed by atoms with van der Waals surface area (Å²) in [7, 11) is 0. The first kappa shape index (κ1) is 9.12. The Labute approximate surface area is 80.0 Å². The molecule has 2 heterocycles. The molecule has 74 valence electrons. The van der Waals surface area contributed by atoms with E-state index in [0.29, 0.717) is 11.0 Å². The van der Waals surface area contributed by atoms with Crippen LogP contribution in [-0.4, -0.2) is 9.97 Å². The standard InChI is InChI=1S/C10H10F2N2/c1-6-3-7-8(10(2,11)12)5-14-9(7)13-4-6/h3-5H,1-2H3,(H,13,14). The molecule has 0 saturated carbocycles. The molecular weight excluding hydrogens is 186 g/mol. The maximum absolute atomic E-state index is 13.1. The largest absolute Gasteiger partial charge is 0.346 e. The van der Waals surface area contributed by atoms with Crippen LogP contribution in [0.25, 0.3) is 11.0 Å². The van der Waals surface area contributed by atoms with Crippen molar-refractivity contribution in [3.8, 4) is 0 Å². The van der Waals surface area contributed by atoms with Gasteiger partial charge in [-0.3, -0.25) is 0 Å². The van der Waals surface area contributed by atoms with Crippen LogP contribution >= 0.6 is 0 Å². The molecule has 0 saturated heterocycles. The fourth-order valence-corrected chi connectivity index (χ4v) is 1.47. The van der Waals surface area contributed by atoms with Gasteiger partial charge in [0.2, 0.25) is 0 Å². The van der Waals surface area contributed by atoms with Crippen LogP contribution in [0.15, 0.2) is 18.5 Å². The van der Waals surface area contributed by atoms with Gasteiger partial charge in [-0.1, -0.05) is 0 Å². The topological polar surface area (TPSA) is 28.7 Å². The molecule has 0 aromatic carbocycles.